The molecule has 0 radical (unpaired) electrons. The summed E-state index contributed by atoms with van der Waals surface area (Å²) in [5, 5.41) is 0. The first-order valence-electron chi connectivity index (χ1n) is 25.7. The Labute approximate surface area is 361 Å². The molecule has 0 saturated heterocycles. The highest BCUT2D eigenvalue weighted by atomic mass is 16.6. The van der Waals surface area contributed by atoms with Crippen LogP contribution in [0.3, 0.4) is 0 Å². The summed E-state index contributed by atoms with van der Waals surface area (Å²) in [6.45, 7) is 11.3. The molecule has 0 N–H and O–H groups in total. The van der Waals surface area contributed by atoms with E-state index in [0.717, 1.165) is 69.6 Å². The molecule has 0 aromatic rings. The molecule has 6 nitrogen and oxygen atoms in total. The van der Waals surface area contributed by atoms with Gasteiger partial charge >= 0.3 is 17.9 Å². The number of esters is 3. The Balaban J connectivity index is 4.20. The maximum atomic E-state index is 12.7. The molecule has 58 heavy (non-hydrogen) atoms. The van der Waals surface area contributed by atoms with Gasteiger partial charge in [0, 0.05) is 19.3 Å². The highest BCUT2D eigenvalue weighted by Gasteiger charge is 2.19. The van der Waals surface area contributed by atoms with Crippen molar-refractivity contribution in [2.45, 2.75) is 291 Å². The van der Waals surface area contributed by atoms with Gasteiger partial charge in [0.2, 0.25) is 0 Å². The largest absolute Gasteiger partial charge is 0.462 e. The molecule has 0 saturated carbocycles. The minimum Gasteiger partial charge on any atom is -0.462 e. The van der Waals surface area contributed by atoms with E-state index in [1.165, 1.54) is 173 Å². The third-order valence-corrected chi connectivity index (χ3v) is 11.7. The van der Waals surface area contributed by atoms with Crippen LogP contribution in [0, 0.1) is 11.8 Å². The zero-order valence-corrected chi connectivity index (χ0v) is 39.7. The molecule has 0 aliphatic heterocycles. The molecule has 344 valence electrons. The molecule has 6 heteroatoms. The van der Waals surface area contributed by atoms with Crippen molar-refractivity contribution in [2.24, 2.45) is 11.8 Å². The number of ether oxygens (including phenoxy) is 3. The molecule has 0 spiro atoms. The second-order valence-corrected chi connectivity index (χ2v) is 18.8. The molecule has 0 unspecified atom stereocenters. The van der Waals surface area contributed by atoms with Gasteiger partial charge in [-0.3, -0.25) is 14.4 Å². The van der Waals surface area contributed by atoms with Crippen LogP contribution in [0.2, 0.25) is 0 Å². The van der Waals surface area contributed by atoms with E-state index in [1.807, 2.05) is 0 Å². The molecule has 0 amide bonds. The van der Waals surface area contributed by atoms with E-state index in [1.54, 1.807) is 0 Å². The number of carbonyl (C=O) groups is 3. The predicted octanol–water partition coefficient (Wildman–Crippen LogP) is 16.5. The fourth-order valence-electron chi connectivity index (χ4n) is 7.81. The van der Waals surface area contributed by atoms with E-state index >= 15 is 0 Å². The lowest BCUT2D eigenvalue weighted by Gasteiger charge is -2.18. The zero-order valence-electron chi connectivity index (χ0n) is 39.7. The maximum absolute atomic E-state index is 12.7. The predicted molar refractivity (Wildman–Crippen MR) is 247 cm³/mol. The molecule has 0 aliphatic rings. The van der Waals surface area contributed by atoms with Crippen LogP contribution in [0.5, 0.6) is 0 Å². The van der Waals surface area contributed by atoms with Gasteiger partial charge < -0.3 is 14.2 Å². The summed E-state index contributed by atoms with van der Waals surface area (Å²) in [4.78, 5) is 37.8. The van der Waals surface area contributed by atoms with Crippen LogP contribution in [0.4, 0.5) is 0 Å². The summed E-state index contributed by atoms with van der Waals surface area (Å²) in [6.07, 6.45) is 45.3. The summed E-state index contributed by atoms with van der Waals surface area (Å²) in [5.74, 6) is 0.758. The van der Waals surface area contributed by atoms with Gasteiger partial charge in [-0.1, -0.05) is 247 Å². The van der Waals surface area contributed by atoms with Gasteiger partial charge in [0.05, 0.1) is 0 Å². The molecular weight excluding hydrogens is 721 g/mol. The Bertz CT molecular complexity index is 885. The first-order chi connectivity index (χ1) is 28.2. The molecular formula is C52H100O6. The van der Waals surface area contributed by atoms with Gasteiger partial charge in [-0.25, -0.2) is 0 Å². The summed E-state index contributed by atoms with van der Waals surface area (Å²) in [7, 11) is 0. The number of unbranched alkanes of at least 4 members (excludes halogenated alkanes) is 31. The molecule has 0 heterocycles. The van der Waals surface area contributed by atoms with E-state index in [-0.39, 0.29) is 31.1 Å². The van der Waals surface area contributed by atoms with Crippen LogP contribution in [0.15, 0.2) is 0 Å². The van der Waals surface area contributed by atoms with E-state index in [4.69, 9.17) is 14.2 Å². The van der Waals surface area contributed by atoms with E-state index in [2.05, 4.69) is 34.6 Å². The zero-order chi connectivity index (χ0) is 42.6. The van der Waals surface area contributed by atoms with Gasteiger partial charge in [-0.2, -0.15) is 0 Å². The van der Waals surface area contributed by atoms with E-state index in [0.29, 0.717) is 19.3 Å². The maximum Gasteiger partial charge on any atom is 0.306 e. The van der Waals surface area contributed by atoms with Crippen molar-refractivity contribution in [3.63, 3.8) is 0 Å². The second kappa shape index (κ2) is 44.9. The van der Waals surface area contributed by atoms with Crippen LogP contribution >= 0.6 is 0 Å². The quantitative estimate of drug-likeness (QED) is 0.0346. The second-order valence-electron chi connectivity index (χ2n) is 18.8. The fraction of sp³-hybridized carbons (Fsp3) is 0.942. The minimum absolute atomic E-state index is 0.0647. The smallest absolute Gasteiger partial charge is 0.306 e. The fourth-order valence-corrected chi connectivity index (χ4v) is 7.81. The van der Waals surface area contributed by atoms with Crippen LogP contribution in [0.1, 0.15) is 285 Å². The molecule has 0 fully saturated rings. The number of hydrogen-bond acceptors (Lipinski definition) is 6. The topological polar surface area (TPSA) is 78.9 Å². The number of rotatable bonds is 46. The van der Waals surface area contributed by atoms with Crippen LogP contribution in [0.25, 0.3) is 0 Å². The van der Waals surface area contributed by atoms with Crippen molar-refractivity contribution in [3.8, 4) is 0 Å². The van der Waals surface area contributed by atoms with Crippen molar-refractivity contribution in [2.75, 3.05) is 13.2 Å². The van der Waals surface area contributed by atoms with Crippen molar-refractivity contribution < 1.29 is 28.6 Å². The number of hydrogen-bond donors (Lipinski definition) is 0. The minimum atomic E-state index is -0.761. The molecule has 0 aliphatic carbocycles. The third-order valence-electron chi connectivity index (χ3n) is 11.7. The van der Waals surface area contributed by atoms with Crippen molar-refractivity contribution in [1.29, 1.82) is 0 Å². The lowest BCUT2D eigenvalue weighted by Crippen LogP contribution is -2.30. The van der Waals surface area contributed by atoms with Gasteiger partial charge in [0.1, 0.15) is 13.2 Å². The summed E-state index contributed by atoms with van der Waals surface area (Å²) in [6, 6.07) is 0. The van der Waals surface area contributed by atoms with Crippen molar-refractivity contribution in [1.82, 2.24) is 0 Å². The van der Waals surface area contributed by atoms with Crippen LogP contribution < -0.4 is 0 Å². The molecule has 0 bridgehead atoms. The highest BCUT2D eigenvalue weighted by molar-refractivity contribution is 5.71. The summed E-state index contributed by atoms with van der Waals surface area (Å²) in [5.41, 5.74) is 0. The third kappa shape index (κ3) is 45.5. The molecule has 0 aromatic heterocycles. The van der Waals surface area contributed by atoms with Gasteiger partial charge in [0.25, 0.3) is 0 Å². The first-order valence-corrected chi connectivity index (χ1v) is 25.7. The van der Waals surface area contributed by atoms with E-state index in [9.17, 15) is 14.4 Å². The normalized spacial score (nSPS) is 12.1. The Morgan fingerprint density at radius 3 is 0.845 bits per heavy atom. The Hall–Kier alpha value is -1.59. The lowest BCUT2D eigenvalue weighted by molar-refractivity contribution is -0.167. The average Bonchev–Trinajstić information content (AvgIpc) is 3.19. The van der Waals surface area contributed by atoms with E-state index < -0.39 is 6.10 Å². The number of carbonyl (C=O) groups excluding carboxylic acids is 3. The average molecular weight is 821 g/mol. The van der Waals surface area contributed by atoms with Crippen LogP contribution in [-0.4, -0.2) is 37.2 Å². The monoisotopic (exact) mass is 821 g/mol. The molecule has 1 atom stereocenters. The summed E-state index contributed by atoms with van der Waals surface area (Å²) >= 11 is 0. The molecule has 0 aromatic carbocycles. The van der Waals surface area contributed by atoms with Gasteiger partial charge in [0.15, 0.2) is 6.10 Å². The highest BCUT2D eigenvalue weighted by Crippen LogP contribution is 2.17. The Kier molecular flexibility index (Phi) is 43.7. The van der Waals surface area contributed by atoms with Gasteiger partial charge in [-0.05, 0) is 31.1 Å². The van der Waals surface area contributed by atoms with Crippen molar-refractivity contribution >= 4 is 17.9 Å². The SMILES string of the molecule is CCCCCCCCCCCCCCC(=O)OC[C@H](COC(=O)CCCCCCCCCCCCCCCCCCC(C)C)OC(=O)CCCCCCCCC(C)C. The standard InChI is InChI=1S/C52H100O6/c1-6-7-8-9-10-11-12-20-23-26-32-37-42-50(53)56-45-49(58-52(55)44-39-34-29-28-31-36-41-48(4)5)46-57-51(54)43-38-33-27-24-21-18-16-14-13-15-17-19-22-25-30-35-40-47(2)3/h47-49H,6-46H2,1-5H3/t49-/m1/s1. The Morgan fingerprint density at radius 1 is 0.328 bits per heavy atom. The summed E-state index contributed by atoms with van der Waals surface area (Å²) < 4.78 is 16.8. The van der Waals surface area contributed by atoms with Crippen molar-refractivity contribution in [3.05, 3.63) is 0 Å². The van der Waals surface area contributed by atoms with Crippen LogP contribution in [-0.2, 0) is 28.6 Å². The lowest BCUT2D eigenvalue weighted by atomic mass is 10.0. The Morgan fingerprint density at radius 2 is 0.569 bits per heavy atom. The molecule has 0 rings (SSSR count). The first kappa shape index (κ1) is 56.4. The van der Waals surface area contributed by atoms with Gasteiger partial charge in [-0.15, -0.1) is 0 Å².